The van der Waals surface area contributed by atoms with Gasteiger partial charge in [0.1, 0.15) is 6.61 Å². The number of hydrogen-bond acceptors (Lipinski definition) is 6. The molecule has 0 saturated carbocycles. The molecule has 1 aliphatic heterocycles. The van der Waals surface area contributed by atoms with Crippen molar-refractivity contribution in [2.45, 2.75) is 13.5 Å². The van der Waals surface area contributed by atoms with E-state index < -0.39 is 11.8 Å². The normalized spacial score (nSPS) is 14.3. The molecule has 184 valence electrons. The van der Waals surface area contributed by atoms with E-state index in [2.05, 4.69) is 28.0 Å². The number of nitrogens with zero attached hydrogens (tertiary/aromatic N) is 1. The Hall–Kier alpha value is -2.60. The second kappa shape index (κ2) is 12.1. The Morgan fingerprint density at radius 3 is 2.58 bits per heavy atom. The number of nitrogens with one attached hydrogen (secondary N) is 1. The fourth-order valence-corrected chi connectivity index (χ4v) is 5.46. The topological polar surface area (TPSA) is 67.9 Å². The molecule has 0 aliphatic carbocycles. The number of thioether (sulfide) groups is 1. The fourth-order valence-electron chi connectivity index (χ4n) is 3.31. The zero-order chi connectivity index (χ0) is 25.7. The first-order valence-corrected chi connectivity index (χ1v) is 13.5. The van der Waals surface area contributed by atoms with Gasteiger partial charge in [-0.15, -0.1) is 0 Å². The minimum Gasteiger partial charge on any atom is -0.490 e. The smallest absolute Gasteiger partial charge is 0.285 e. The number of ether oxygens (including phenoxy) is 2. The molecule has 1 fully saturated rings. The summed E-state index contributed by atoms with van der Waals surface area (Å²) in [5.74, 6) is 0.329. The van der Waals surface area contributed by atoms with Gasteiger partial charge in [0, 0.05) is 16.1 Å². The molecule has 1 aliphatic rings. The van der Waals surface area contributed by atoms with E-state index in [1.807, 2.05) is 49.4 Å². The number of amides is 2. The second-order valence-electron chi connectivity index (χ2n) is 7.47. The van der Waals surface area contributed by atoms with Crippen LogP contribution in [0.1, 0.15) is 28.4 Å². The van der Waals surface area contributed by atoms with Gasteiger partial charge in [0.25, 0.3) is 11.8 Å². The number of benzene rings is 3. The van der Waals surface area contributed by atoms with Crippen LogP contribution < -0.4 is 14.9 Å². The molecule has 3 aromatic rings. The third-order valence-electron chi connectivity index (χ3n) is 5.00. The maximum Gasteiger partial charge on any atom is 0.285 e. The molecule has 0 spiro atoms. The molecule has 6 nitrogen and oxygen atoms in total. The van der Waals surface area contributed by atoms with Gasteiger partial charge in [0.05, 0.1) is 15.1 Å². The van der Waals surface area contributed by atoms with E-state index >= 15 is 0 Å². The maximum absolute atomic E-state index is 13.0. The maximum atomic E-state index is 13.0. The van der Waals surface area contributed by atoms with Crippen LogP contribution in [0.3, 0.4) is 0 Å². The van der Waals surface area contributed by atoms with Crippen LogP contribution in [0.15, 0.2) is 71.6 Å². The predicted molar refractivity (Wildman–Crippen MR) is 155 cm³/mol. The first kappa shape index (κ1) is 26.5. The molecule has 1 N–H and O–H groups in total. The molecular weight excluding hydrogens is 631 g/mol. The van der Waals surface area contributed by atoms with Gasteiger partial charge >= 0.3 is 0 Å². The molecule has 4 rings (SSSR count). The highest BCUT2D eigenvalue weighted by atomic mass is 127. The van der Waals surface area contributed by atoms with E-state index in [9.17, 15) is 9.59 Å². The van der Waals surface area contributed by atoms with Crippen molar-refractivity contribution in [3.63, 3.8) is 0 Å². The molecule has 1 heterocycles. The van der Waals surface area contributed by atoms with Gasteiger partial charge in [-0.3, -0.25) is 15.0 Å². The number of carbonyl (C=O) groups excluding carboxylic acids is 2. The molecule has 0 radical (unpaired) electrons. The Labute approximate surface area is 237 Å². The molecule has 0 aromatic heterocycles. The van der Waals surface area contributed by atoms with Gasteiger partial charge in [-0.25, -0.2) is 0 Å². The molecule has 36 heavy (non-hydrogen) atoms. The fraction of sp³-hybridized carbons (Fsp3) is 0.115. The number of hydrogen-bond donors (Lipinski definition) is 1. The van der Waals surface area contributed by atoms with Crippen LogP contribution in [0.4, 0.5) is 0 Å². The summed E-state index contributed by atoms with van der Waals surface area (Å²) in [7, 11) is 0. The molecule has 0 unspecified atom stereocenters. The summed E-state index contributed by atoms with van der Waals surface area (Å²) in [6.45, 7) is 2.61. The zero-order valence-corrected chi connectivity index (χ0v) is 23.5. The van der Waals surface area contributed by atoms with Crippen LogP contribution in [0.25, 0.3) is 6.08 Å². The van der Waals surface area contributed by atoms with Crippen molar-refractivity contribution in [1.82, 2.24) is 10.4 Å². The number of hydrazine groups is 1. The van der Waals surface area contributed by atoms with Crippen LogP contribution in [0, 0.1) is 3.57 Å². The van der Waals surface area contributed by atoms with Gasteiger partial charge in [-0.05, 0) is 83.7 Å². The van der Waals surface area contributed by atoms with Gasteiger partial charge in [0.15, 0.2) is 15.8 Å². The highest BCUT2D eigenvalue weighted by molar-refractivity contribution is 14.1. The Kier molecular flexibility index (Phi) is 8.89. The van der Waals surface area contributed by atoms with Crippen molar-refractivity contribution in [2.24, 2.45) is 0 Å². The van der Waals surface area contributed by atoms with E-state index in [0.717, 1.165) is 31.5 Å². The lowest BCUT2D eigenvalue weighted by atomic mass is 10.1. The quantitative estimate of drug-likeness (QED) is 0.171. The van der Waals surface area contributed by atoms with Crippen LogP contribution in [-0.2, 0) is 11.4 Å². The largest absolute Gasteiger partial charge is 0.490 e. The molecule has 2 amide bonds. The molecule has 0 bridgehead atoms. The minimum atomic E-state index is -0.415. The Morgan fingerprint density at radius 2 is 1.86 bits per heavy atom. The molecule has 0 atom stereocenters. The summed E-state index contributed by atoms with van der Waals surface area (Å²) >= 11 is 14.9. The van der Waals surface area contributed by atoms with E-state index in [4.69, 9.17) is 33.3 Å². The van der Waals surface area contributed by atoms with Crippen molar-refractivity contribution in [3.05, 3.63) is 96.9 Å². The van der Waals surface area contributed by atoms with E-state index in [0.29, 0.717) is 33.6 Å². The van der Waals surface area contributed by atoms with Gasteiger partial charge in [-0.1, -0.05) is 59.8 Å². The summed E-state index contributed by atoms with van der Waals surface area (Å²) in [5.41, 5.74) is 4.62. The van der Waals surface area contributed by atoms with Gasteiger partial charge in [-0.2, -0.15) is 5.01 Å². The lowest BCUT2D eigenvalue weighted by Gasteiger charge is -2.16. The SMILES string of the molecule is CCOc1cc(/C=C2/SC(=S)N(NC(=O)c3ccccc3)C2=O)cc(I)c1OCc1ccccc1Cl. The molecular formula is C26H20ClIN2O4S2. The monoisotopic (exact) mass is 650 g/mol. The van der Waals surface area contributed by atoms with Crippen molar-refractivity contribution in [2.75, 3.05) is 6.61 Å². The van der Waals surface area contributed by atoms with E-state index in [1.165, 1.54) is 0 Å². The summed E-state index contributed by atoms with van der Waals surface area (Å²) < 4.78 is 13.0. The van der Waals surface area contributed by atoms with Gasteiger partial charge in [0.2, 0.25) is 0 Å². The van der Waals surface area contributed by atoms with Crippen LogP contribution in [0.5, 0.6) is 11.5 Å². The second-order valence-corrected chi connectivity index (χ2v) is 10.7. The number of rotatable bonds is 8. The Morgan fingerprint density at radius 1 is 1.14 bits per heavy atom. The van der Waals surface area contributed by atoms with Crippen molar-refractivity contribution < 1.29 is 19.1 Å². The highest BCUT2D eigenvalue weighted by Crippen LogP contribution is 2.38. The summed E-state index contributed by atoms with van der Waals surface area (Å²) in [5, 5.41) is 1.72. The predicted octanol–water partition coefficient (Wildman–Crippen LogP) is 6.47. The third-order valence-corrected chi connectivity index (χ3v) is 7.47. The number of thiocarbonyl (C=S) groups is 1. The zero-order valence-electron chi connectivity index (χ0n) is 19.0. The van der Waals surface area contributed by atoms with Crippen molar-refractivity contribution in [1.29, 1.82) is 0 Å². The van der Waals surface area contributed by atoms with Crippen molar-refractivity contribution >= 4 is 80.4 Å². The Balaban J connectivity index is 1.54. The average molecular weight is 651 g/mol. The first-order valence-electron chi connectivity index (χ1n) is 10.8. The van der Waals surface area contributed by atoms with Crippen LogP contribution in [-0.4, -0.2) is 27.8 Å². The summed E-state index contributed by atoms with van der Waals surface area (Å²) in [4.78, 5) is 25.9. The molecule has 10 heteroatoms. The summed E-state index contributed by atoms with van der Waals surface area (Å²) in [6, 6.07) is 19.8. The highest BCUT2D eigenvalue weighted by Gasteiger charge is 2.34. The van der Waals surface area contributed by atoms with Crippen LogP contribution in [0.2, 0.25) is 5.02 Å². The number of halogens is 2. The van der Waals surface area contributed by atoms with Crippen LogP contribution >= 0.6 is 58.2 Å². The lowest BCUT2D eigenvalue weighted by molar-refractivity contribution is -0.123. The van der Waals surface area contributed by atoms with Gasteiger partial charge < -0.3 is 9.47 Å². The van der Waals surface area contributed by atoms with E-state index in [-0.39, 0.29) is 10.9 Å². The third kappa shape index (κ3) is 6.20. The average Bonchev–Trinajstić information content (AvgIpc) is 3.12. The first-order chi connectivity index (χ1) is 17.4. The standard InChI is InChI=1S/C26H20ClIN2O4S2/c1-2-33-21-13-16(12-20(28)23(21)34-15-18-10-6-7-11-19(18)27)14-22-25(32)30(26(35)36-22)29-24(31)17-8-4-3-5-9-17/h3-14H,2,15H2,1H3,(H,29,31)/b22-14+. The lowest BCUT2D eigenvalue weighted by Crippen LogP contribution is -2.44. The molecule has 3 aromatic carbocycles. The Bertz CT molecular complexity index is 1350. The van der Waals surface area contributed by atoms with E-state index in [1.54, 1.807) is 30.3 Å². The molecule has 1 saturated heterocycles. The van der Waals surface area contributed by atoms with Crippen molar-refractivity contribution in [3.8, 4) is 11.5 Å². The number of carbonyl (C=O) groups is 2. The summed E-state index contributed by atoms with van der Waals surface area (Å²) in [6.07, 6.45) is 1.72. The minimum absolute atomic E-state index is 0.245.